The Balaban J connectivity index is 0.00000156. The van der Waals surface area contributed by atoms with Crippen molar-refractivity contribution in [1.29, 1.82) is 0 Å². The topological polar surface area (TPSA) is 57.4 Å². The van der Waals surface area contributed by atoms with Gasteiger partial charge in [0.2, 0.25) is 5.89 Å². The molecule has 0 atom stereocenters. The van der Waals surface area contributed by atoms with Gasteiger partial charge in [-0.3, -0.25) is 4.90 Å². The lowest BCUT2D eigenvalue weighted by Gasteiger charge is -2.36. The average Bonchev–Trinajstić information content (AvgIpc) is 2.99. The van der Waals surface area contributed by atoms with Crippen molar-refractivity contribution < 1.29 is 4.52 Å². The highest BCUT2D eigenvalue weighted by Crippen LogP contribution is 2.20. The fourth-order valence-corrected chi connectivity index (χ4v) is 3.38. The van der Waals surface area contributed by atoms with Gasteiger partial charge in [-0.1, -0.05) is 25.9 Å². The standard InChI is InChI=1S/C17H31N5O.2ClH/c1-17(2,3)16-19-15(20-23-16)13-22-10-8-21(9-11-22)12-14-4-6-18-7-5-14;;/h14,18H,4-13H2,1-3H3;2*1H. The van der Waals surface area contributed by atoms with Gasteiger partial charge in [-0.15, -0.1) is 24.8 Å². The van der Waals surface area contributed by atoms with Crippen LogP contribution in [0.5, 0.6) is 0 Å². The minimum absolute atomic E-state index is 0. The van der Waals surface area contributed by atoms with E-state index in [9.17, 15) is 0 Å². The minimum atomic E-state index is -0.0706. The lowest BCUT2D eigenvalue weighted by Crippen LogP contribution is -2.48. The lowest BCUT2D eigenvalue weighted by atomic mass is 9.97. The summed E-state index contributed by atoms with van der Waals surface area (Å²) in [5, 5.41) is 7.59. The van der Waals surface area contributed by atoms with Crippen LogP contribution < -0.4 is 5.32 Å². The van der Waals surface area contributed by atoms with Crippen LogP contribution in [0.25, 0.3) is 0 Å². The minimum Gasteiger partial charge on any atom is -0.339 e. The Kier molecular flexibility index (Phi) is 9.12. The molecule has 0 spiro atoms. The molecule has 0 radical (unpaired) electrons. The molecule has 1 aromatic rings. The Hall–Kier alpha value is -0.400. The molecule has 2 fully saturated rings. The van der Waals surface area contributed by atoms with Gasteiger partial charge >= 0.3 is 0 Å². The second-order valence-electron chi connectivity index (χ2n) is 8.04. The highest BCUT2D eigenvalue weighted by molar-refractivity contribution is 5.85. The third-order valence-electron chi connectivity index (χ3n) is 4.91. The third-order valence-corrected chi connectivity index (χ3v) is 4.91. The zero-order valence-corrected chi connectivity index (χ0v) is 17.3. The van der Waals surface area contributed by atoms with Gasteiger partial charge in [0, 0.05) is 38.1 Å². The lowest BCUT2D eigenvalue weighted by molar-refractivity contribution is 0.104. The molecule has 0 aliphatic carbocycles. The SMILES string of the molecule is CC(C)(C)c1nc(CN2CCN(CC3CCNCC3)CC2)no1.Cl.Cl. The predicted molar refractivity (Wildman–Crippen MR) is 105 cm³/mol. The maximum atomic E-state index is 5.39. The summed E-state index contributed by atoms with van der Waals surface area (Å²) in [6.45, 7) is 15.3. The van der Waals surface area contributed by atoms with Gasteiger partial charge in [0.25, 0.3) is 0 Å². The first-order chi connectivity index (χ1) is 11.0. The Labute approximate surface area is 163 Å². The van der Waals surface area contributed by atoms with Gasteiger partial charge in [0.1, 0.15) is 0 Å². The molecule has 3 heterocycles. The first kappa shape index (κ1) is 22.6. The number of hydrogen-bond acceptors (Lipinski definition) is 6. The summed E-state index contributed by atoms with van der Waals surface area (Å²) < 4.78 is 5.39. The van der Waals surface area contributed by atoms with Gasteiger partial charge in [0.15, 0.2) is 5.82 Å². The summed E-state index contributed by atoms with van der Waals surface area (Å²) in [7, 11) is 0. The molecule has 3 rings (SSSR count). The van der Waals surface area contributed by atoms with Crippen molar-refractivity contribution in [1.82, 2.24) is 25.3 Å². The summed E-state index contributed by atoms with van der Waals surface area (Å²) in [6.07, 6.45) is 2.66. The van der Waals surface area contributed by atoms with Gasteiger partial charge in [0.05, 0.1) is 6.54 Å². The zero-order valence-electron chi connectivity index (χ0n) is 15.7. The fourth-order valence-electron chi connectivity index (χ4n) is 3.38. The van der Waals surface area contributed by atoms with E-state index in [-0.39, 0.29) is 30.2 Å². The van der Waals surface area contributed by atoms with Crippen LogP contribution in [0.4, 0.5) is 0 Å². The molecular formula is C17H33Cl2N5O. The molecule has 2 aliphatic rings. The highest BCUT2D eigenvalue weighted by atomic mass is 35.5. The molecule has 146 valence electrons. The number of aromatic nitrogens is 2. The Bertz CT molecular complexity index is 491. The maximum Gasteiger partial charge on any atom is 0.232 e. The number of hydrogen-bond donors (Lipinski definition) is 1. The van der Waals surface area contributed by atoms with Crippen LogP contribution in [0.3, 0.4) is 0 Å². The van der Waals surface area contributed by atoms with E-state index in [1.165, 1.54) is 32.5 Å². The molecule has 1 N–H and O–H groups in total. The van der Waals surface area contributed by atoms with E-state index in [0.29, 0.717) is 0 Å². The van der Waals surface area contributed by atoms with Crippen molar-refractivity contribution in [3.8, 4) is 0 Å². The van der Waals surface area contributed by atoms with Crippen molar-refractivity contribution in [2.24, 2.45) is 5.92 Å². The first-order valence-corrected chi connectivity index (χ1v) is 8.99. The summed E-state index contributed by atoms with van der Waals surface area (Å²) in [5.74, 6) is 2.44. The summed E-state index contributed by atoms with van der Waals surface area (Å²) in [5.41, 5.74) is -0.0706. The molecular weight excluding hydrogens is 361 g/mol. The first-order valence-electron chi connectivity index (χ1n) is 8.99. The molecule has 0 amide bonds. The monoisotopic (exact) mass is 393 g/mol. The molecule has 0 aromatic carbocycles. The van der Waals surface area contributed by atoms with Crippen molar-refractivity contribution >= 4 is 24.8 Å². The van der Waals surface area contributed by atoms with E-state index >= 15 is 0 Å². The van der Waals surface area contributed by atoms with Crippen LogP contribution in [0.2, 0.25) is 0 Å². The summed E-state index contributed by atoms with van der Waals surface area (Å²) in [6, 6.07) is 0. The number of nitrogens with one attached hydrogen (secondary N) is 1. The Morgan fingerprint density at radius 3 is 2.20 bits per heavy atom. The van der Waals surface area contributed by atoms with Crippen molar-refractivity contribution in [2.45, 2.75) is 45.6 Å². The molecule has 0 unspecified atom stereocenters. The van der Waals surface area contributed by atoms with Crippen LogP contribution in [0.1, 0.15) is 45.3 Å². The molecule has 0 saturated carbocycles. The second kappa shape index (κ2) is 10.1. The fraction of sp³-hybridized carbons (Fsp3) is 0.882. The zero-order chi connectivity index (χ0) is 16.3. The average molecular weight is 394 g/mol. The number of rotatable bonds is 4. The molecule has 8 heteroatoms. The highest BCUT2D eigenvalue weighted by Gasteiger charge is 2.24. The molecule has 2 aliphatic heterocycles. The molecule has 2 saturated heterocycles. The van der Waals surface area contributed by atoms with Gasteiger partial charge in [-0.05, 0) is 31.8 Å². The maximum absolute atomic E-state index is 5.39. The smallest absolute Gasteiger partial charge is 0.232 e. The number of nitrogens with zero attached hydrogens (tertiary/aromatic N) is 4. The van der Waals surface area contributed by atoms with E-state index < -0.39 is 0 Å². The van der Waals surface area contributed by atoms with Crippen LogP contribution in [-0.2, 0) is 12.0 Å². The Morgan fingerprint density at radius 2 is 1.64 bits per heavy atom. The third kappa shape index (κ3) is 6.68. The van der Waals surface area contributed by atoms with Crippen molar-refractivity contribution in [3.63, 3.8) is 0 Å². The van der Waals surface area contributed by atoms with E-state index in [1.54, 1.807) is 0 Å². The van der Waals surface area contributed by atoms with Gasteiger partial charge < -0.3 is 14.7 Å². The van der Waals surface area contributed by atoms with Crippen LogP contribution in [0.15, 0.2) is 4.52 Å². The van der Waals surface area contributed by atoms with Crippen LogP contribution in [0, 0.1) is 5.92 Å². The largest absolute Gasteiger partial charge is 0.339 e. The Morgan fingerprint density at radius 1 is 1.04 bits per heavy atom. The quantitative estimate of drug-likeness (QED) is 0.846. The summed E-state index contributed by atoms with van der Waals surface area (Å²) >= 11 is 0. The van der Waals surface area contributed by atoms with E-state index in [1.807, 2.05) is 0 Å². The number of piperidine rings is 1. The van der Waals surface area contributed by atoms with Crippen LogP contribution >= 0.6 is 24.8 Å². The normalized spacial score (nSPS) is 20.8. The molecule has 1 aromatic heterocycles. The second-order valence-corrected chi connectivity index (χ2v) is 8.04. The molecule has 6 nitrogen and oxygen atoms in total. The van der Waals surface area contributed by atoms with Crippen molar-refractivity contribution in [2.75, 3.05) is 45.8 Å². The van der Waals surface area contributed by atoms with E-state index in [0.717, 1.165) is 50.4 Å². The summed E-state index contributed by atoms with van der Waals surface area (Å²) in [4.78, 5) is 9.62. The van der Waals surface area contributed by atoms with Gasteiger partial charge in [-0.2, -0.15) is 4.98 Å². The van der Waals surface area contributed by atoms with Crippen LogP contribution in [-0.4, -0.2) is 65.8 Å². The molecule has 25 heavy (non-hydrogen) atoms. The van der Waals surface area contributed by atoms with E-state index in [4.69, 9.17) is 4.52 Å². The number of piperazine rings is 1. The van der Waals surface area contributed by atoms with E-state index in [2.05, 4.69) is 46.0 Å². The predicted octanol–water partition coefficient (Wildman–Crippen LogP) is 2.33. The van der Waals surface area contributed by atoms with Gasteiger partial charge in [-0.25, -0.2) is 0 Å². The number of halogens is 2. The molecule has 0 bridgehead atoms. The van der Waals surface area contributed by atoms with Crippen molar-refractivity contribution in [3.05, 3.63) is 11.7 Å².